The maximum atomic E-state index is 5.54. The lowest BCUT2D eigenvalue weighted by Crippen LogP contribution is -2.10. The van der Waals surface area contributed by atoms with E-state index in [0.29, 0.717) is 0 Å². The van der Waals surface area contributed by atoms with E-state index in [2.05, 4.69) is 231 Å². The van der Waals surface area contributed by atoms with Crippen molar-refractivity contribution in [3.05, 3.63) is 212 Å². The smallest absolute Gasteiger partial charge is 0.145 e. The molecule has 0 amide bonds. The van der Waals surface area contributed by atoms with Crippen LogP contribution >= 0.6 is 0 Å². The number of benzene rings is 9. The summed E-state index contributed by atoms with van der Waals surface area (Å²) in [5, 5.41) is 7.27. The van der Waals surface area contributed by atoms with Crippen LogP contribution in [-0.2, 0) is 0 Å². The second-order valence-electron chi connectivity index (χ2n) is 15.6. The van der Waals surface area contributed by atoms with Crippen molar-refractivity contribution >= 4 is 76.5 Å². The molecule has 0 saturated heterocycles. The summed E-state index contributed by atoms with van der Waals surface area (Å²) < 4.78 is 9.69. The molecule has 280 valence electrons. The van der Waals surface area contributed by atoms with E-state index >= 15 is 0 Å². The Hall–Kier alpha value is -8.15. The molecule has 4 heterocycles. The second-order valence-corrected chi connectivity index (χ2v) is 15.6. The van der Waals surface area contributed by atoms with Gasteiger partial charge in [-0.25, -0.2) is 4.98 Å². The topological polar surface area (TPSA) is 32.6 Å². The molecule has 0 aliphatic carbocycles. The lowest BCUT2D eigenvalue weighted by molar-refractivity contribution is 1.02. The molecule has 0 aliphatic rings. The van der Waals surface area contributed by atoms with Crippen molar-refractivity contribution in [2.45, 2.75) is 0 Å². The highest BCUT2D eigenvalue weighted by molar-refractivity contribution is 6.13. The van der Waals surface area contributed by atoms with Gasteiger partial charge in [0, 0.05) is 43.6 Å². The summed E-state index contributed by atoms with van der Waals surface area (Å²) in [7, 11) is 0. The van der Waals surface area contributed by atoms with Crippen molar-refractivity contribution in [2.75, 3.05) is 0 Å². The Kier molecular flexibility index (Phi) is 6.95. The van der Waals surface area contributed by atoms with E-state index in [0.717, 1.165) is 72.8 Å². The predicted octanol–water partition coefficient (Wildman–Crippen LogP) is 14.0. The molecule has 0 radical (unpaired) electrons. The number of nitrogens with zero attached hydrogens (tertiary/aromatic N) is 5. The van der Waals surface area contributed by atoms with Crippen LogP contribution in [0.5, 0.6) is 0 Å². The first-order chi connectivity index (χ1) is 29.8. The quantitative estimate of drug-likeness (QED) is 0.172. The van der Waals surface area contributed by atoms with Crippen LogP contribution in [0.25, 0.3) is 111 Å². The molecule has 0 aliphatic heterocycles. The van der Waals surface area contributed by atoms with Crippen LogP contribution < -0.4 is 0 Å². The maximum absolute atomic E-state index is 5.54. The number of hydrogen-bond donors (Lipinski definition) is 0. The molecule has 0 fully saturated rings. The Labute approximate surface area is 344 Å². The van der Waals surface area contributed by atoms with E-state index in [1.807, 2.05) is 0 Å². The van der Waals surface area contributed by atoms with Crippen molar-refractivity contribution < 1.29 is 0 Å². The van der Waals surface area contributed by atoms with Gasteiger partial charge < -0.3 is 13.7 Å². The zero-order valence-corrected chi connectivity index (χ0v) is 32.4. The number of aromatic nitrogens is 5. The van der Waals surface area contributed by atoms with Gasteiger partial charge in [-0.1, -0.05) is 127 Å². The lowest BCUT2D eigenvalue weighted by atomic mass is 10.1. The van der Waals surface area contributed by atoms with Crippen LogP contribution in [0.1, 0.15) is 0 Å². The first kappa shape index (κ1) is 32.9. The van der Waals surface area contributed by atoms with Gasteiger partial charge in [0.05, 0.1) is 61.2 Å². The SMILES string of the molecule is c1ccc(-n2c3ccccc3c3cc(-c4nc5ccccc5n4-c4c(-n5c6ccccc6c6ccccc65)cccc4-n4c5ccccc5c5ccccc54)ccc32)cc1. The largest absolute Gasteiger partial charge is 0.309 e. The molecule has 5 heteroatoms. The van der Waals surface area contributed by atoms with Crippen molar-refractivity contribution in [2.24, 2.45) is 0 Å². The molecule has 13 aromatic rings. The molecule has 9 aromatic carbocycles. The fourth-order valence-corrected chi connectivity index (χ4v) is 9.89. The zero-order chi connectivity index (χ0) is 39.3. The minimum absolute atomic E-state index is 0.880. The first-order valence-corrected chi connectivity index (χ1v) is 20.5. The van der Waals surface area contributed by atoms with E-state index in [1.54, 1.807) is 0 Å². The Balaban J connectivity index is 1.19. The fourth-order valence-electron chi connectivity index (χ4n) is 9.89. The summed E-state index contributed by atoms with van der Waals surface area (Å²) in [5.74, 6) is 0.880. The molecular weight excluding hydrogens is 731 g/mol. The van der Waals surface area contributed by atoms with Gasteiger partial charge in [-0.2, -0.15) is 0 Å². The van der Waals surface area contributed by atoms with E-state index < -0.39 is 0 Å². The molecule has 0 unspecified atom stereocenters. The summed E-state index contributed by atoms with van der Waals surface area (Å²) in [4.78, 5) is 5.54. The monoisotopic (exact) mass is 765 g/mol. The Bertz CT molecular complexity index is 3600. The van der Waals surface area contributed by atoms with E-state index in [-0.39, 0.29) is 0 Å². The van der Waals surface area contributed by atoms with Gasteiger partial charge in [0.15, 0.2) is 0 Å². The van der Waals surface area contributed by atoms with E-state index in [4.69, 9.17) is 4.98 Å². The molecule has 0 bridgehead atoms. The third-order valence-corrected chi connectivity index (χ3v) is 12.4. The molecule has 0 saturated carbocycles. The average molecular weight is 766 g/mol. The molecule has 4 aromatic heterocycles. The van der Waals surface area contributed by atoms with Gasteiger partial charge >= 0.3 is 0 Å². The van der Waals surface area contributed by atoms with Gasteiger partial charge in [0.1, 0.15) is 5.82 Å². The van der Waals surface area contributed by atoms with Crippen LogP contribution in [-0.4, -0.2) is 23.3 Å². The van der Waals surface area contributed by atoms with Crippen LogP contribution in [0.3, 0.4) is 0 Å². The van der Waals surface area contributed by atoms with Crippen LogP contribution in [0.15, 0.2) is 212 Å². The number of para-hydroxylation sites is 9. The van der Waals surface area contributed by atoms with E-state index in [1.165, 1.54) is 37.8 Å². The van der Waals surface area contributed by atoms with Crippen molar-refractivity contribution in [3.63, 3.8) is 0 Å². The van der Waals surface area contributed by atoms with Gasteiger partial charge in [-0.3, -0.25) is 4.57 Å². The number of fused-ring (bicyclic) bond motifs is 10. The first-order valence-electron chi connectivity index (χ1n) is 20.5. The highest BCUT2D eigenvalue weighted by atomic mass is 15.2. The number of imidazole rings is 1. The number of hydrogen-bond acceptors (Lipinski definition) is 1. The van der Waals surface area contributed by atoms with Gasteiger partial charge in [-0.05, 0) is 84.9 Å². The lowest BCUT2D eigenvalue weighted by Gasteiger charge is -2.22. The minimum atomic E-state index is 0.880. The third-order valence-electron chi connectivity index (χ3n) is 12.4. The highest BCUT2D eigenvalue weighted by Crippen LogP contribution is 2.43. The average Bonchev–Trinajstić information content (AvgIpc) is 4.05. The Morgan fingerprint density at radius 3 is 1.23 bits per heavy atom. The third kappa shape index (κ3) is 4.60. The maximum Gasteiger partial charge on any atom is 0.145 e. The standard InChI is InChI=1S/C55H35N5/c1-2-17-37(18-3-1)57-45-25-10-8-23-42(45)43-35-36(33-34-50(43)57)55-56-44-24-9-15-30-51(44)60(55)54-52(58-46-26-11-4-19-38(46)39-20-5-12-27-47(39)58)31-16-32-53(54)59-48-28-13-6-21-40(48)41-22-7-14-29-49(41)59/h1-35H. The Morgan fingerprint density at radius 2 is 0.700 bits per heavy atom. The Morgan fingerprint density at radius 1 is 0.283 bits per heavy atom. The summed E-state index contributed by atoms with van der Waals surface area (Å²) in [6, 6.07) is 76.7. The normalized spacial score (nSPS) is 12.0. The summed E-state index contributed by atoms with van der Waals surface area (Å²) in [6.45, 7) is 0. The second kappa shape index (κ2) is 12.7. The van der Waals surface area contributed by atoms with Crippen molar-refractivity contribution in [1.29, 1.82) is 0 Å². The van der Waals surface area contributed by atoms with E-state index in [9.17, 15) is 0 Å². The van der Waals surface area contributed by atoms with Crippen LogP contribution in [0.2, 0.25) is 0 Å². The highest BCUT2D eigenvalue weighted by Gasteiger charge is 2.26. The molecule has 5 nitrogen and oxygen atoms in total. The summed E-state index contributed by atoms with van der Waals surface area (Å²) >= 11 is 0. The molecule has 0 N–H and O–H groups in total. The molecular formula is C55H35N5. The molecule has 60 heavy (non-hydrogen) atoms. The summed E-state index contributed by atoms with van der Waals surface area (Å²) in [5.41, 5.74) is 14.3. The van der Waals surface area contributed by atoms with Crippen molar-refractivity contribution in [1.82, 2.24) is 23.3 Å². The molecule has 0 spiro atoms. The summed E-state index contributed by atoms with van der Waals surface area (Å²) in [6.07, 6.45) is 0. The van der Waals surface area contributed by atoms with Crippen LogP contribution in [0, 0.1) is 0 Å². The molecule has 13 rings (SSSR count). The molecule has 0 atom stereocenters. The zero-order valence-electron chi connectivity index (χ0n) is 32.4. The predicted molar refractivity (Wildman–Crippen MR) is 250 cm³/mol. The fraction of sp³-hybridized carbons (Fsp3) is 0. The van der Waals surface area contributed by atoms with Crippen LogP contribution in [0.4, 0.5) is 0 Å². The number of rotatable bonds is 5. The van der Waals surface area contributed by atoms with Gasteiger partial charge in [0.2, 0.25) is 0 Å². The van der Waals surface area contributed by atoms with Gasteiger partial charge in [0.25, 0.3) is 0 Å². The van der Waals surface area contributed by atoms with Gasteiger partial charge in [-0.15, -0.1) is 0 Å². The van der Waals surface area contributed by atoms with Crippen molar-refractivity contribution in [3.8, 4) is 34.1 Å². The minimum Gasteiger partial charge on any atom is -0.309 e.